The molecular formula is C20H14Cl2F3N5O2. The summed E-state index contributed by atoms with van der Waals surface area (Å²) >= 11 is 12.5. The lowest BCUT2D eigenvalue weighted by Gasteiger charge is -2.33. The van der Waals surface area contributed by atoms with Gasteiger partial charge >= 0.3 is 6.18 Å². The van der Waals surface area contributed by atoms with E-state index < -0.39 is 29.7 Å². The molecule has 0 radical (unpaired) electrons. The van der Waals surface area contributed by atoms with E-state index in [0.717, 1.165) is 24.3 Å². The number of alkyl halides is 3. The molecule has 0 saturated heterocycles. The molecule has 0 spiro atoms. The Morgan fingerprint density at radius 1 is 1.19 bits per heavy atom. The van der Waals surface area contributed by atoms with Crippen molar-refractivity contribution in [2.75, 3.05) is 16.8 Å². The minimum absolute atomic E-state index is 0.0917. The molecule has 3 aromatic rings. The van der Waals surface area contributed by atoms with Crippen LogP contribution in [0.3, 0.4) is 0 Å². The number of nitrogens with one attached hydrogen (secondary N) is 1. The maximum absolute atomic E-state index is 13.3. The topological polar surface area (TPSA) is 93.2 Å². The first-order chi connectivity index (χ1) is 15.1. The number of benzene rings is 1. The van der Waals surface area contributed by atoms with Crippen LogP contribution >= 0.6 is 23.2 Å². The predicted octanol–water partition coefficient (Wildman–Crippen LogP) is 4.58. The molecular weight excluding hydrogens is 470 g/mol. The van der Waals surface area contributed by atoms with Gasteiger partial charge in [0.15, 0.2) is 0 Å². The van der Waals surface area contributed by atoms with Gasteiger partial charge in [-0.2, -0.15) is 13.2 Å². The molecule has 32 heavy (non-hydrogen) atoms. The number of pyridine rings is 1. The van der Waals surface area contributed by atoms with Crippen molar-refractivity contribution in [1.29, 1.82) is 0 Å². The quantitative estimate of drug-likeness (QED) is 0.570. The lowest BCUT2D eigenvalue weighted by molar-refractivity contribution is -0.137. The number of hydrogen-bond acceptors (Lipinski definition) is 4. The van der Waals surface area contributed by atoms with Crippen molar-refractivity contribution in [3.05, 3.63) is 75.8 Å². The second-order valence-corrected chi connectivity index (χ2v) is 7.66. The third-order valence-electron chi connectivity index (χ3n) is 4.89. The number of amides is 2. The van der Waals surface area contributed by atoms with Gasteiger partial charge in [-0.25, -0.2) is 0 Å². The van der Waals surface area contributed by atoms with Crippen LogP contribution in [0.1, 0.15) is 32.6 Å². The summed E-state index contributed by atoms with van der Waals surface area (Å²) in [4.78, 5) is 31.3. The summed E-state index contributed by atoms with van der Waals surface area (Å²) in [5, 5.41) is 2.32. The van der Waals surface area contributed by atoms with Crippen LogP contribution in [0.2, 0.25) is 10.2 Å². The summed E-state index contributed by atoms with van der Waals surface area (Å²) in [6, 6.07) is 7.22. The zero-order chi connectivity index (χ0) is 23.2. The van der Waals surface area contributed by atoms with Gasteiger partial charge in [0, 0.05) is 11.9 Å². The first-order valence-electron chi connectivity index (χ1n) is 9.15. The van der Waals surface area contributed by atoms with Gasteiger partial charge in [0.05, 0.1) is 34.6 Å². The maximum atomic E-state index is 13.3. The predicted molar refractivity (Wildman–Crippen MR) is 113 cm³/mol. The van der Waals surface area contributed by atoms with Gasteiger partial charge in [-0.3, -0.25) is 14.6 Å². The smallest absolute Gasteiger partial charge is 0.320 e. The molecule has 2 amide bonds. The fourth-order valence-corrected chi connectivity index (χ4v) is 3.99. The van der Waals surface area contributed by atoms with E-state index in [0.29, 0.717) is 5.69 Å². The van der Waals surface area contributed by atoms with Crippen molar-refractivity contribution in [3.8, 4) is 0 Å². The summed E-state index contributed by atoms with van der Waals surface area (Å²) in [6.45, 7) is -0.0917. The van der Waals surface area contributed by atoms with Crippen LogP contribution in [0, 0.1) is 0 Å². The number of carbonyl (C=O) groups is 2. The Kier molecular flexibility index (Phi) is 5.61. The number of fused-ring (bicyclic) bond motifs is 1. The largest absolute Gasteiger partial charge is 0.416 e. The molecule has 0 bridgehead atoms. The van der Waals surface area contributed by atoms with Crippen LogP contribution in [0.25, 0.3) is 0 Å². The molecule has 4 rings (SSSR count). The van der Waals surface area contributed by atoms with Crippen molar-refractivity contribution in [2.24, 2.45) is 5.73 Å². The SMILES string of the molecule is N[C@H]1CN(c2ccc(C(F)(F)F)cc2)C(=O)c2c(C(=O)Nc3cccnc3)c(Cl)c(Cl)n21. The van der Waals surface area contributed by atoms with E-state index in [1.807, 2.05) is 0 Å². The van der Waals surface area contributed by atoms with Crippen LogP contribution in [-0.4, -0.2) is 27.9 Å². The molecule has 3 heterocycles. The van der Waals surface area contributed by atoms with Crippen LogP contribution in [0.15, 0.2) is 48.8 Å². The number of rotatable bonds is 3. The number of halogens is 5. The molecule has 1 aliphatic heterocycles. The summed E-state index contributed by atoms with van der Waals surface area (Å²) in [5.41, 5.74) is 5.49. The van der Waals surface area contributed by atoms with Crippen molar-refractivity contribution in [3.63, 3.8) is 0 Å². The number of anilines is 2. The summed E-state index contributed by atoms with van der Waals surface area (Å²) in [6.07, 6.45) is -2.49. The van der Waals surface area contributed by atoms with Gasteiger partial charge in [-0.15, -0.1) is 0 Å². The zero-order valence-electron chi connectivity index (χ0n) is 16.0. The number of carbonyl (C=O) groups excluding carboxylic acids is 2. The van der Waals surface area contributed by atoms with Gasteiger partial charge < -0.3 is 20.5 Å². The van der Waals surface area contributed by atoms with Gasteiger partial charge in [0.2, 0.25) is 0 Å². The normalized spacial score (nSPS) is 16.1. The van der Waals surface area contributed by atoms with Gasteiger partial charge in [-0.05, 0) is 36.4 Å². The van der Waals surface area contributed by atoms with Crippen LogP contribution in [-0.2, 0) is 6.18 Å². The molecule has 0 aliphatic carbocycles. The van der Waals surface area contributed by atoms with E-state index in [4.69, 9.17) is 28.9 Å². The molecule has 12 heteroatoms. The lowest BCUT2D eigenvalue weighted by atomic mass is 10.1. The highest BCUT2D eigenvalue weighted by Gasteiger charge is 2.39. The average Bonchev–Trinajstić information content (AvgIpc) is 3.02. The molecule has 0 unspecified atom stereocenters. The number of hydrogen-bond donors (Lipinski definition) is 2. The number of aromatic nitrogens is 2. The Morgan fingerprint density at radius 3 is 2.47 bits per heavy atom. The number of nitrogens with two attached hydrogens (primary N) is 1. The first kappa shape index (κ1) is 22.1. The van der Waals surface area contributed by atoms with E-state index in [9.17, 15) is 22.8 Å². The third kappa shape index (κ3) is 3.81. The fraction of sp³-hybridized carbons (Fsp3) is 0.150. The summed E-state index contributed by atoms with van der Waals surface area (Å²) in [5.74, 6) is -1.40. The minimum atomic E-state index is -4.52. The van der Waals surface area contributed by atoms with E-state index in [1.54, 1.807) is 12.1 Å². The lowest BCUT2D eigenvalue weighted by Crippen LogP contribution is -2.46. The van der Waals surface area contributed by atoms with Crippen LogP contribution in [0.4, 0.5) is 24.5 Å². The van der Waals surface area contributed by atoms with Crippen molar-refractivity contribution in [2.45, 2.75) is 12.3 Å². The van der Waals surface area contributed by atoms with E-state index in [1.165, 1.54) is 21.9 Å². The minimum Gasteiger partial charge on any atom is -0.320 e. The van der Waals surface area contributed by atoms with Gasteiger partial charge in [0.1, 0.15) is 17.0 Å². The molecule has 0 saturated carbocycles. The first-order valence-corrected chi connectivity index (χ1v) is 9.90. The van der Waals surface area contributed by atoms with E-state index in [2.05, 4.69) is 10.3 Å². The molecule has 2 aromatic heterocycles. The second-order valence-electron chi connectivity index (χ2n) is 6.92. The monoisotopic (exact) mass is 483 g/mol. The highest BCUT2D eigenvalue weighted by molar-refractivity contribution is 6.45. The second kappa shape index (κ2) is 8.12. The summed E-state index contributed by atoms with van der Waals surface area (Å²) < 4.78 is 39.9. The van der Waals surface area contributed by atoms with E-state index >= 15 is 0 Å². The van der Waals surface area contributed by atoms with Gasteiger partial charge in [0.25, 0.3) is 11.8 Å². The molecule has 0 fully saturated rings. The van der Waals surface area contributed by atoms with Crippen molar-refractivity contribution < 1.29 is 22.8 Å². The fourth-order valence-electron chi connectivity index (χ4n) is 3.42. The Labute approximate surface area is 189 Å². The average molecular weight is 484 g/mol. The van der Waals surface area contributed by atoms with E-state index in [-0.39, 0.29) is 33.7 Å². The summed E-state index contributed by atoms with van der Waals surface area (Å²) in [7, 11) is 0. The molecule has 1 atom stereocenters. The Bertz CT molecular complexity index is 1200. The Hall–Kier alpha value is -3.08. The maximum Gasteiger partial charge on any atom is 0.416 e. The van der Waals surface area contributed by atoms with Gasteiger partial charge in [-0.1, -0.05) is 23.2 Å². The highest BCUT2D eigenvalue weighted by atomic mass is 35.5. The van der Waals surface area contributed by atoms with Crippen LogP contribution in [0.5, 0.6) is 0 Å². The molecule has 1 aliphatic rings. The Balaban J connectivity index is 1.74. The van der Waals surface area contributed by atoms with Crippen molar-refractivity contribution in [1.82, 2.24) is 9.55 Å². The molecule has 1 aromatic carbocycles. The number of nitrogens with zero attached hydrogens (tertiary/aromatic N) is 3. The molecule has 166 valence electrons. The molecule has 7 nitrogen and oxygen atoms in total. The van der Waals surface area contributed by atoms with Crippen molar-refractivity contribution >= 4 is 46.4 Å². The zero-order valence-corrected chi connectivity index (χ0v) is 17.5. The third-order valence-corrected chi connectivity index (χ3v) is 5.73. The highest BCUT2D eigenvalue weighted by Crippen LogP contribution is 2.39. The Morgan fingerprint density at radius 2 is 1.88 bits per heavy atom. The van der Waals surface area contributed by atoms with Crippen LogP contribution < -0.4 is 16.0 Å². The molecule has 3 N–H and O–H groups in total. The standard InChI is InChI=1S/C20H14Cl2F3N5O2/c21-15-14(18(31)28-11-2-1-7-27-8-11)16-19(32)29(9-13(26)30(16)17(15)22)12-5-3-10(4-6-12)20(23,24)25/h1-8,13H,9,26H2,(H,28,31)/t13-/m1/s1.